The van der Waals surface area contributed by atoms with Crippen molar-refractivity contribution in [3.63, 3.8) is 0 Å². The number of nitrogens with one attached hydrogen (secondary N) is 2. The summed E-state index contributed by atoms with van der Waals surface area (Å²) in [6.45, 7) is 1.94. The van der Waals surface area contributed by atoms with Crippen molar-refractivity contribution in [3.8, 4) is 0 Å². The number of hydrogen-bond acceptors (Lipinski definition) is 2. The van der Waals surface area contributed by atoms with Gasteiger partial charge in [0, 0.05) is 23.0 Å². The Morgan fingerprint density at radius 1 is 1.24 bits per heavy atom. The van der Waals surface area contributed by atoms with E-state index in [-0.39, 0.29) is 23.8 Å². The van der Waals surface area contributed by atoms with E-state index >= 15 is 0 Å². The molecule has 0 radical (unpaired) electrons. The Morgan fingerprint density at radius 2 is 1.96 bits per heavy atom. The fraction of sp³-hybridized carbons (Fsp3) is 0.300. The Morgan fingerprint density at radius 3 is 2.72 bits per heavy atom. The highest BCUT2D eigenvalue weighted by molar-refractivity contribution is 6.30. The number of hydrogen-bond donors (Lipinski definition) is 2. The van der Waals surface area contributed by atoms with Crippen molar-refractivity contribution in [2.45, 2.75) is 32.2 Å². The molecule has 2 atom stereocenters. The Labute approximate surface area is 152 Å². The summed E-state index contributed by atoms with van der Waals surface area (Å²) in [5.41, 5.74) is 3.01. The highest BCUT2D eigenvalue weighted by atomic mass is 35.5. The standard InChI is InChI=1S/C20H21ClN2O2/c1-13(14-6-9-17(21)10-7-14)22-19(24)11-8-16-12-15-4-2-3-5-18(15)23-20(16)25/h2-7,9-10,13,16H,8,11-12H2,1H3,(H,22,24)(H,23,25)/t13-,16-/m0/s1. The first-order valence-electron chi connectivity index (χ1n) is 8.46. The molecule has 0 spiro atoms. The average Bonchev–Trinajstić information content (AvgIpc) is 2.60. The van der Waals surface area contributed by atoms with E-state index in [1.165, 1.54) is 0 Å². The highest BCUT2D eigenvalue weighted by Gasteiger charge is 2.26. The third kappa shape index (κ3) is 4.40. The second-order valence-electron chi connectivity index (χ2n) is 6.43. The van der Waals surface area contributed by atoms with Crippen LogP contribution in [-0.2, 0) is 16.0 Å². The van der Waals surface area contributed by atoms with Crippen LogP contribution in [0.15, 0.2) is 48.5 Å². The van der Waals surface area contributed by atoms with Crippen molar-refractivity contribution >= 4 is 29.1 Å². The lowest BCUT2D eigenvalue weighted by Gasteiger charge is -2.24. The van der Waals surface area contributed by atoms with E-state index in [1.54, 1.807) is 0 Å². The van der Waals surface area contributed by atoms with Gasteiger partial charge in [-0.15, -0.1) is 0 Å². The lowest BCUT2D eigenvalue weighted by Crippen LogP contribution is -2.32. The molecular formula is C20H21ClN2O2. The molecule has 130 valence electrons. The number of fused-ring (bicyclic) bond motifs is 1. The predicted molar refractivity (Wildman–Crippen MR) is 99.5 cm³/mol. The number of anilines is 1. The van der Waals surface area contributed by atoms with Gasteiger partial charge in [-0.3, -0.25) is 9.59 Å². The number of para-hydroxylation sites is 1. The number of amides is 2. The molecular weight excluding hydrogens is 336 g/mol. The van der Waals surface area contributed by atoms with Gasteiger partial charge in [0.05, 0.1) is 6.04 Å². The van der Waals surface area contributed by atoms with Gasteiger partial charge in [-0.05, 0) is 49.1 Å². The predicted octanol–water partition coefficient (Wildman–Crippen LogP) is 4.11. The van der Waals surface area contributed by atoms with Gasteiger partial charge in [0.25, 0.3) is 0 Å². The largest absolute Gasteiger partial charge is 0.350 e. The monoisotopic (exact) mass is 356 g/mol. The summed E-state index contributed by atoms with van der Waals surface area (Å²) < 4.78 is 0. The lowest BCUT2D eigenvalue weighted by molar-refractivity contribution is -0.123. The summed E-state index contributed by atoms with van der Waals surface area (Å²) in [4.78, 5) is 24.4. The first-order valence-corrected chi connectivity index (χ1v) is 8.84. The number of benzene rings is 2. The van der Waals surface area contributed by atoms with Gasteiger partial charge in [-0.1, -0.05) is 41.9 Å². The molecule has 4 nitrogen and oxygen atoms in total. The maximum absolute atomic E-state index is 12.2. The van der Waals surface area contributed by atoms with Crippen molar-refractivity contribution in [3.05, 3.63) is 64.7 Å². The molecule has 0 aliphatic carbocycles. The number of rotatable bonds is 5. The van der Waals surface area contributed by atoms with Crippen LogP contribution in [0.5, 0.6) is 0 Å². The van der Waals surface area contributed by atoms with Crippen LogP contribution in [-0.4, -0.2) is 11.8 Å². The quantitative estimate of drug-likeness (QED) is 0.847. The molecule has 2 N–H and O–H groups in total. The summed E-state index contributed by atoms with van der Waals surface area (Å²) in [5.74, 6) is -0.210. The zero-order valence-electron chi connectivity index (χ0n) is 14.1. The van der Waals surface area contributed by atoms with Gasteiger partial charge in [-0.25, -0.2) is 0 Å². The smallest absolute Gasteiger partial charge is 0.227 e. The van der Waals surface area contributed by atoms with E-state index in [0.29, 0.717) is 24.3 Å². The summed E-state index contributed by atoms with van der Waals surface area (Å²) in [7, 11) is 0. The fourth-order valence-corrected chi connectivity index (χ4v) is 3.23. The zero-order chi connectivity index (χ0) is 17.8. The first kappa shape index (κ1) is 17.5. The Hall–Kier alpha value is -2.33. The summed E-state index contributed by atoms with van der Waals surface area (Å²) in [6.07, 6.45) is 1.56. The van der Waals surface area contributed by atoms with Crippen LogP contribution in [0.3, 0.4) is 0 Å². The minimum absolute atomic E-state index is 0.00255. The zero-order valence-corrected chi connectivity index (χ0v) is 14.8. The van der Waals surface area contributed by atoms with Gasteiger partial charge in [0.1, 0.15) is 0 Å². The molecule has 25 heavy (non-hydrogen) atoms. The molecule has 2 amide bonds. The van der Waals surface area contributed by atoms with E-state index in [2.05, 4.69) is 10.6 Å². The molecule has 0 aromatic heterocycles. The third-order valence-electron chi connectivity index (χ3n) is 4.58. The molecule has 0 unspecified atom stereocenters. The molecule has 2 aromatic rings. The minimum atomic E-state index is -0.161. The van der Waals surface area contributed by atoms with Crippen molar-refractivity contribution in [1.82, 2.24) is 5.32 Å². The van der Waals surface area contributed by atoms with Crippen molar-refractivity contribution < 1.29 is 9.59 Å². The molecule has 0 saturated heterocycles. The van der Waals surface area contributed by atoms with Crippen LogP contribution in [0.1, 0.15) is 36.9 Å². The first-order chi connectivity index (χ1) is 12.0. The molecule has 1 aliphatic heterocycles. The van der Waals surface area contributed by atoms with Gasteiger partial charge in [0.2, 0.25) is 11.8 Å². The van der Waals surface area contributed by atoms with Gasteiger partial charge >= 0.3 is 0 Å². The Balaban J connectivity index is 1.52. The van der Waals surface area contributed by atoms with Crippen LogP contribution in [0.4, 0.5) is 5.69 Å². The van der Waals surface area contributed by atoms with E-state index in [9.17, 15) is 9.59 Å². The highest BCUT2D eigenvalue weighted by Crippen LogP contribution is 2.27. The third-order valence-corrected chi connectivity index (χ3v) is 4.83. The Kier molecular flexibility index (Phi) is 5.39. The molecule has 0 fully saturated rings. The normalized spacial score (nSPS) is 17.4. The second kappa shape index (κ2) is 7.70. The molecule has 0 bridgehead atoms. The van der Waals surface area contributed by atoms with E-state index in [1.807, 2.05) is 55.5 Å². The number of halogens is 1. The van der Waals surface area contributed by atoms with Crippen molar-refractivity contribution in [2.75, 3.05) is 5.32 Å². The van der Waals surface area contributed by atoms with Crippen LogP contribution >= 0.6 is 11.6 Å². The van der Waals surface area contributed by atoms with Crippen LogP contribution < -0.4 is 10.6 Å². The van der Waals surface area contributed by atoms with Crippen LogP contribution in [0.2, 0.25) is 5.02 Å². The molecule has 5 heteroatoms. The molecule has 3 rings (SSSR count). The van der Waals surface area contributed by atoms with Crippen LogP contribution in [0.25, 0.3) is 0 Å². The summed E-state index contributed by atoms with van der Waals surface area (Å²) in [6, 6.07) is 15.1. The average molecular weight is 357 g/mol. The van der Waals surface area contributed by atoms with Crippen LogP contribution in [0, 0.1) is 5.92 Å². The van der Waals surface area contributed by atoms with Gasteiger partial charge in [-0.2, -0.15) is 0 Å². The number of carbonyl (C=O) groups is 2. The Bertz CT molecular complexity index is 774. The summed E-state index contributed by atoms with van der Waals surface area (Å²) in [5, 5.41) is 6.57. The minimum Gasteiger partial charge on any atom is -0.350 e. The van der Waals surface area contributed by atoms with E-state index < -0.39 is 0 Å². The summed E-state index contributed by atoms with van der Waals surface area (Å²) >= 11 is 5.88. The van der Waals surface area contributed by atoms with Gasteiger partial charge in [0.15, 0.2) is 0 Å². The van der Waals surface area contributed by atoms with Crippen molar-refractivity contribution in [1.29, 1.82) is 0 Å². The SMILES string of the molecule is C[C@H](NC(=O)CC[C@H]1Cc2ccccc2NC1=O)c1ccc(Cl)cc1. The van der Waals surface area contributed by atoms with E-state index in [0.717, 1.165) is 16.8 Å². The molecule has 1 heterocycles. The topological polar surface area (TPSA) is 58.2 Å². The maximum Gasteiger partial charge on any atom is 0.227 e. The molecule has 0 saturated carbocycles. The maximum atomic E-state index is 12.2. The van der Waals surface area contributed by atoms with E-state index in [4.69, 9.17) is 11.6 Å². The van der Waals surface area contributed by atoms with Crippen molar-refractivity contribution in [2.24, 2.45) is 5.92 Å². The number of carbonyl (C=O) groups excluding carboxylic acids is 2. The second-order valence-corrected chi connectivity index (χ2v) is 6.86. The molecule has 1 aliphatic rings. The molecule has 2 aromatic carbocycles. The lowest BCUT2D eigenvalue weighted by atomic mass is 9.89. The fourth-order valence-electron chi connectivity index (χ4n) is 3.10. The van der Waals surface area contributed by atoms with Gasteiger partial charge < -0.3 is 10.6 Å².